The Labute approximate surface area is 166 Å². The number of aromatic nitrogens is 3. The van der Waals surface area contributed by atoms with E-state index in [2.05, 4.69) is 19.7 Å². The van der Waals surface area contributed by atoms with Crippen molar-refractivity contribution in [3.8, 4) is 22.4 Å². The molecule has 0 radical (unpaired) electrons. The van der Waals surface area contributed by atoms with Crippen LogP contribution in [0.25, 0.3) is 33.4 Å². The zero-order valence-corrected chi connectivity index (χ0v) is 16.1. The minimum absolute atomic E-state index is 0.0149. The molecular formula is C20H18FN5O2S. The van der Waals surface area contributed by atoms with Gasteiger partial charge in [0.25, 0.3) is 0 Å². The summed E-state index contributed by atoms with van der Waals surface area (Å²) in [6.07, 6.45) is 3.37. The fourth-order valence-electron chi connectivity index (χ4n) is 3.15. The van der Waals surface area contributed by atoms with E-state index < -0.39 is 10.0 Å². The molecule has 0 atom stereocenters. The van der Waals surface area contributed by atoms with Crippen molar-refractivity contribution in [2.75, 3.05) is 17.0 Å². The Morgan fingerprint density at radius 3 is 2.41 bits per heavy atom. The number of sulfonamides is 1. The van der Waals surface area contributed by atoms with Gasteiger partial charge in [-0.15, -0.1) is 0 Å². The average Bonchev–Trinajstić information content (AvgIpc) is 3.07. The number of nitrogens with zero attached hydrogens (tertiary/aromatic N) is 2. The molecule has 0 aliphatic heterocycles. The Balaban J connectivity index is 1.88. The first kappa shape index (κ1) is 19.0. The minimum Gasteiger partial charge on any atom is -0.339 e. The number of nitrogens with two attached hydrogens (primary N) is 1. The normalized spacial score (nSPS) is 11.7. The Kier molecular flexibility index (Phi) is 4.99. The predicted octanol–water partition coefficient (Wildman–Crippen LogP) is 3.13. The average molecular weight is 411 g/mol. The summed E-state index contributed by atoms with van der Waals surface area (Å²) in [6, 6.07) is 13.3. The molecule has 0 bridgehead atoms. The third-order valence-corrected chi connectivity index (χ3v) is 5.70. The lowest BCUT2D eigenvalue weighted by atomic mass is 10.00. The second-order valence-electron chi connectivity index (χ2n) is 6.42. The maximum absolute atomic E-state index is 13.4. The van der Waals surface area contributed by atoms with Crippen LogP contribution in [0.2, 0.25) is 0 Å². The summed E-state index contributed by atoms with van der Waals surface area (Å²) in [6.45, 7) is 0.0149. The van der Waals surface area contributed by atoms with E-state index in [0.717, 1.165) is 27.8 Å². The molecular weight excluding hydrogens is 393 g/mol. The van der Waals surface area contributed by atoms with Crippen LogP contribution < -0.4 is 10.5 Å². The number of pyridine rings is 2. The highest BCUT2D eigenvalue weighted by atomic mass is 32.2. The molecule has 4 N–H and O–H groups in total. The zero-order chi connectivity index (χ0) is 20.4. The summed E-state index contributed by atoms with van der Waals surface area (Å²) < 4.78 is 39.8. The van der Waals surface area contributed by atoms with E-state index in [1.54, 1.807) is 36.7 Å². The largest absolute Gasteiger partial charge is 0.339 e. The SMILES string of the molecule is NCCS(=O)(=O)Nc1ccc2c(-c3ccncc3)c(-c3ccc(F)cc3)[nH]c2n1. The molecule has 0 unspecified atom stereocenters. The summed E-state index contributed by atoms with van der Waals surface area (Å²) in [4.78, 5) is 11.7. The van der Waals surface area contributed by atoms with E-state index in [9.17, 15) is 12.8 Å². The number of fused-ring (bicyclic) bond motifs is 1. The van der Waals surface area contributed by atoms with Crippen LogP contribution in [0.1, 0.15) is 0 Å². The van der Waals surface area contributed by atoms with Crippen LogP contribution >= 0.6 is 0 Å². The highest BCUT2D eigenvalue weighted by molar-refractivity contribution is 7.92. The molecule has 0 fully saturated rings. The van der Waals surface area contributed by atoms with E-state index in [1.807, 2.05) is 12.1 Å². The van der Waals surface area contributed by atoms with E-state index >= 15 is 0 Å². The molecule has 0 saturated heterocycles. The van der Waals surface area contributed by atoms with Crippen molar-refractivity contribution >= 4 is 26.9 Å². The molecule has 7 nitrogen and oxygen atoms in total. The Hall–Kier alpha value is -3.30. The monoisotopic (exact) mass is 411 g/mol. The van der Waals surface area contributed by atoms with E-state index in [4.69, 9.17) is 5.73 Å². The molecule has 4 rings (SSSR count). The van der Waals surface area contributed by atoms with Crippen LogP contribution in [0.5, 0.6) is 0 Å². The number of anilines is 1. The molecule has 0 saturated carbocycles. The first-order valence-corrected chi connectivity index (χ1v) is 10.5. The maximum atomic E-state index is 13.4. The molecule has 0 aliphatic carbocycles. The lowest BCUT2D eigenvalue weighted by Gasteiger charge is -2.06. The summed E-state index contributed by atoms with van der Waals surface area (Å²) in [7, 11) is -3.57. The number of aromatic amines is 1. The molecule has 0 spiro atoms. The van der Waals surface area contributed by atoms with Gasteiger partial charge in [-0.2, -0.15) is 0 Å². The molecule has 3 aromatic heterocycles. The minimum atomic E-state index is -3.57. The summed E-state index contributed by atoms with van der Waals surface area (Å²) in [5.74, 6) is -0.329. The van der Waals surface area contributed by atoms with Crippen molar-refractivity contribution < 1.29 is 12.8 Å². The molecule has 1 aromatic carbocycles. The van der Waals surface area contributed by atoms with Crippen molar-refractivity contribution in [2.24, 2.45) is 5.73 Å². The highest BCUT2D eigenvalue weighted by Gasteiger charge is 2.17. The van der Waals surface area contributed by atoms with E-state index in [-0.39, 0.29) is 23.9 Å². The zero-order valence-electron chi connectivity index (χ0n) is 15.3. The number of benzene rings is 1. The maximum Gasteiger partial charge on any atom is 0.235 e. The summed E-state index contributed by atoms with van der Waals surface area (Å²) in [5.41, 5.74) is 9.16. The Morgan fingerprint density at radius 2 is 1.72 bits per heavy atom. The van der Waals surface area contributed by atoms with Crippen LogP contribution in [0.4, 0.5) is 10.2 Å². The van der Waals surface area contributed by atoms with Crippen LogP contribution in [-0.4, -0.2) is 35.7 Å². The molecule has 3 heterocycles. The molecule has 29 heavy (non-hydrogen) atoms. The van der Waals surface area contributed by atoms with Crippen molar-refractivity contribution in [1.29, 1.82) is 0 Å². The first-order chi connectivity index (χ1) is 14.0. The van der Waals surface area contributed by atoms with Crippen LogP contribution in [0, 0.1) is 5.82 Å². The second-order valence-corrected chi connectivity index (χ2v) is 8.26. The van der Waals surface area contributed by atoms with Gasteiger partial charge in [-0.1, -0.05) is 0 Å². The third-order valence-electron chi connectivity index (χ3n) is 4.41. The van der Waals surface area contributed by atoms with Gasteiger partial charge in [-0.05, 0) is 59.7 Å². The van der Waals surface area contributed by atoms with E-state index in [1.165, 1.54) is 12.1 Å². The lowest BCUT2D eigenvalue weighted by Crippen LogP contribution is -2.22. The van der Waals surface area contributed by atoms with E-state index in [0.29, 0.717) is 5.65 Å². The number of halogens is 1. The Morgan fingerprint density at radius 1 is 1.00 bits per heavy atom. The van der Waals surface area contributed by atoms with Crippen LogP contribution in [0.15, 0.2) is 60.9 Å². The molecule has 0 aliphatic rings. The van der Waals surface area contributed by atoms with Gasteiger partial charge in [0.15, 0.2) is 0 Å². The second kappa shape index (κ2) is 7.61. The fraction of sp³-hybridized carbons (Fsp3) is 0.100. The molecule has 0 amide bonds. The summed E-state index contributed by atoms with van der Waals surface area (Å²) >= 11 is 0. The fourth-order valence-corrected chi connectivity index (χ4v) is 3.99. The standard InChI is InChI=1S/C20H18FN5O2S/c21-15-3-1-14(2-4-15)19-18(13-7-10-23-11-8-13)16-5-6-17(24-20(16)25-19)26-29(27,28)12-9-22/h1-8,10-11H,9,12,22H2,(H2,24,25,26). The van der Waals surface area contributed by atoms with Gasteiger partial charge in [0.1, 0.15) is 17.3 Å². The molecule has 9 heteroatoms. The smallest absolute Gasteiger partial charge is 0.235 e. The third kappa shape index (κ3) is 3.96. The van der Waals surface area contributed by atoms with Gasteiger partial charge in [0, 0.05) is 29.9 Å². The summed E-state index contributed by atoms with van der Waals surface area (Å²) in [5, 5.41) is 0.803. The highest BCUT2D eigenvalue weighted by Crippen LogP contribution is 2.38. The van der Waals surface area contributed by atoms with Gasteiger partial charge in [0.2, 0.25) is 10.0 Å². The van der Waals surface area contributed by atoms with Crippen LogP contribution in [-0.2, 0) is 10.0 Å². The van der Waals surface area contributed by atoms with Crippen molar-refractivity contribution in [3.63, 3.8) is 0 Å². The van der Waals surface area contributed by atoms with Gasteiger partial charge in [0.05, 0.1) is 11.4 Å². The van der Waals surface area contributed by atoms with Gasteiger partial charge in [-0.3, -0.25) is 9.71 Å². The predicted molar refractivity (Wildman–Crippen MR) is 111 cm³/mol. The lowest BCUT2D eigenvalue weighted by molar-refractivity contribution is 0.601. The number of hydrogen-bond donors (Lipinski definition) is 3. The molecule has 4 aromatic rings. The first-order valence-electron chi connectivity index (χ1n) is 8.86. The number of rotatable bonds is 6. The van der Waals surface area contributed by atoms with Crippen molar-refractivity contribution in [2.45, 2.75) is 0 Å². The van der Waals surface area contributed by atoms with Gasteiger partial charge in [-0.25, -0.2) is 17.8 Å². The quantitative estimate of drug-likeness (QED) is 0.451. The number of H-pyrrole nitrogens is 1. The van der Waals surface area contributed by atoms with Gasteiger partial charge < -0.3 is 10.7 Å². The number of hydrogen-bond acceptors (Lipinski definition) is 5. The van der Waals surface area contributed by atoms with Crippen molar-refractivity contribution in [3.05, 3.63) is 66.7 Å². The van der Waals surface area contributed by atoms with Crippen molar-refractivity contribution in [1.82, 2.24) is 15.0 Å². The van der Waals surface area contributed by atoms with Crippen LogP contribution in [0.3, 0.4) is 0 Å². The Bertz CT molecular complexity index is 1260. The van der Waals surface area contributed by atoms with Gasteiger partial charge >= 0.3 is 0 Å². The topological polar surface area (TPSA) is 114 Å². The molecule has 148 valence electrons. The number of nitrogens with one attached hydrogen (secondary N) is 2.